The molecule has 1 amide bonds. The van der Waals surface area contributed by atoms with Gasteiger partial charge in [-0.15, -0.1) is 0 Å². The fourth-order valence-electron chi connectivity index (χ4n) is 2.85. The van der Waals surface area contributed by atoms with E-state index in [1.54, 1.807) is 31.3 Å². The van der Waals surface area contributed by atoms with Crippen molar-refractivity contribution in [3.63, 3.8) is 0 Å². The van der Waals surface area contributed by atoms with Crippen molar-refractivity contribution in [3.05, 3.63) is 57.3 Å². The highest BCUT2D eigenvalue weighted by atomic mass is 79.9. The molecule has 6 heteroatoms. The third kappa shape index (κ3) is 3.24. The molecule has 0 N–H and O–H groups in total. The van der Waals surface area contributed by atoms with Gasteiger partial charge in [0.2, 0.25) is 0 Å². The van der Waals surface area contributed by atoms with Gasteiger partial charge in [0.15, 0.2) is 0 Å². The van der Waals surface area contributed by atoms with E-state index in [9.17, 15) is 9.18 Å². The van der Waals surface area contributed by atoms with Crippen molar-refractivity contribution in [3.8, 4) is 11.5 Å². The summed E-state index contributed by atoms with van der Waals surface area (Å²) in [6.07, 6.45) is 0.631. The van der Waals surface area contributed by atoms with Gasteiger partial charge in [-0.05, 0) is 57.7 Å². The van der Waals surface area contributed by atoms with Crippen molar-refractivity contribution < 1.29 is 18.7 Å². The Hall–Kier alpha value is -2.08. The Bertz CT molecular complexity index is 772. The molecule has 1 aliphatic heterocycles. The van der Waals surface area contributed by atoms with Gasteiger partial charge in [0.1, 0.15) is 17.3 Å². The van der Waals surface area contributed by atoms with Gasteiger partial charge in [0, 0.05) is 24.7 Å². The number of hydrogen-bond donors (Lipinski definition) is 0. The highest BCUT2D eigenvalue weighted by Gasteiger charge is 2.26. The fourth-order valence-corrected chi connectivity index (χ4v) is 3.19. The molecule has 0 aromatic heterocycles. The van der Waals surface area contributed by atoms with Crippen LogP contribution in [-0.2, 0) is 13.0 Å². The number of amides is 1. The van der Waals surface area contributed by atoms with Crippen molar-refractivity contribution in [1.29, 1.82) is 0 Å². The van der Waals surface area contributed by atoms with Crippen molar-refractivity contribution >= 4 is 21.8 Å². The molecule has 0 aliphatic carbocycles. The third-order valence-electron chi connectivity index (χ3n) is 4.10. The van der Waals surface area contributed by atoms with Gasteiger partial charge in [-0.25, -0.2) is 4.39 Å². The maximum absolute atomic E-state index is 13.6. The largest absolute Gasteiger partial charge is 0.497 e. The number of ether oxygens (including phenoxy) is 2. The Labute approximate surface area is 148 Å². The van der Waals surface area contributed by atoms with Gasteiger partial charge >= 0.3 is 0 Å². The van der Waals surface area contributed by atoms with E-state index in [1.807, 2.05) is 12.1 Å². The predicted octanol–water partition coefficient (Wildman–Crippen LogP) is 3.80. The summed E-state index contributed by atoms with van der Waals surface area (Å²) in [5.41, 5.74) is 2.22. The second-order valence-electron chi connectivity index (χ2n) is 5.62. The Morgan fingerprint density at radius 1 is 1.12 bits per heavy atom. The van der Waals surface area contributed by atoms with E-state index in [0.717, 1.165) is 11.1 Å². The number of nitrogens with zero attached hydrogens (tertiary/aromatic N) is 1. The van der Waals surface area contributed by atoms with Gasteiger partial charge in [0.25, 0.3) is 5.91 Å². The van der Waals surface area contributed by atoms with Crippen LogP contribution in [0.5, 0.6) is 11.5 Å². The lowest BCUT2D eigenvalue weighted by atomic mass is 9.98. The van der Waals surface area contributed by atoms with Gasteiger partial charge in [-0.1, -0.05) is 0 Å². The lowest BCUT2D eigenvalue weighted by Gasteiger charge is -2.29. The summed E-state index contributed by atoms with van der Waals surface area (Å²) in [4.78, 5) is 14.5. The van der Waals surface area contributed by atoms with Crippen LogP contribution >= 0.6 is 15.9 Å². The third-order valence-corrected chi connectivity index (χ3v) is 4.71. The van der Waals surface area contributed by atoms with E-state index in [1.165, 1.54) is 6.07 Å². The molecule has 0 atom stereocenters. The lowest BCUT2D eigenvalue weighted by Crippen LogP contribution is -2.37. The monoisotopic (exact) mass is 393 g/mol. The van der Waals surface area contributed by atoms with E-state index < -0.39 is 0 Å². The summed E-state index contributed by atoms with van der Waals surface area (Å²) < 4.78 is 24.5. The average molecular weight is 394 g/mol. The summed E-state index contributed by atoms with van der Waals surface area (Å²) in [6, 6.07) is 8.54. The molecule has 1 heterocycles. The Morgan fingerprint density at radius 3 is 2.42 bits per heavy atom. The summed E-state index contributed by atoms with van der Waals surface area (Å²) in [6.45, 7) is 0.993. The Kier molecular flexibility index (Phi) is 4.76. The van der Waals surface area contributed by atoms with Crippen LogP contribution in [0, 0.1) is 5.82 Å². The molecule has 0 saturated carbocycles. The smallest absolute Gasteiger partial charge is 0.254 e. The summed E-state index contributed by atoms with van der Waals surface area (Å²) >= 11 is 3.15. The molecule has 0 bridgehead atoms. The molecule has 0 unspecified atom stereocenters. The summed E-state index contributed by atoms with van der Waals surface area (Å²) in [7, 11) is 3.18. The molecule has 0 radical (unpaired) electrons. The molecule has 3 rings (SSSR count). The van der Waals surface area contributed by atoms with Crippen molar-refractivity contribution in [2.75, 3.05) is 20.8 Å². The first kappa shape index (κ1) is 16.8. The number of carbonyl (C=O) groups is 1. The van der Waals surface area contributed by atoms with Crippen LogP contribution in [0.15, 0.2) is 34.8 Å². The number of fused-ring (bicyclic) bond motifs is 1. The van der Waals surface area contributed by atoms with E-state index in [2.05, 4.69) is 15.9 Å². The standard InChI is InChI=1S/C18H17BrFNO3/c1-23-13-5-11(6-14(8-13)24-2)10-21-4-3-12-7-17(20)16(19)9-15(12)18(21)22/h5-9H,3-4,10H2,1-2H3. The maximum atomic E-state index is 13.6. The minimum absolute atomic E-state index is 0.0984. The number of hydrogen-bond acceptors (Lipinski definition) is 3. The van der Waals surface area contributed by atoms with Crippen LogP contribution in [0.4, 0.5) is 4.39 Å². The van der Waals surface area contributed by atoms with Crippen LogP contribution in [0.1, 0.15) is 21.5 Å². The fraction of sp³-hybridized carbons (Fsp3) is 0.278. The van der Waals surface area contributed by atoms with Crippen molar-refractivity contribution in [2.45, 2.75) is 13.0 Å². The minimum atomic E-state index is -0.340. The quantitative estimate of drug-likeness (QED) is 0.792. The zero-order valence-electron chi connectivity index (χ0n) is 13.4. The first-order chi connectivity index (χ1) is 11.5. The van der Waals surface area contributed by atoms with Crippen LogP contribution in [-0.4, -0.2) is 31.6 Å². The first-order valence-electron chi connectivity index (χ1n) is 7.51. The van der Waals surface area contributed by atoms with Crippen LogP contribution in [0.25, 0.3) is 0 Å². The second-order valence-corrected chi connectivity index (χ2v) is 6.48. The predicted molar refractivity (Wildman–Crippen MR) is 92.1 cm³/mol. The average Bonchev–Trinajstić information content (AvgIpc) is 2.59. The number of carbonyl (C=O) groups excluding carboxylic acids is 1. The highest BCUT2D eigenvalue weighted by molar-refractivity contribution is 9.10. The molecule has 0 saturated heterocycles. The number of methoxy groups -OCH3 is 2. The van der Waals surface area contributed by atoms with Crippen molar-refractivity contribution in [2.24, 2.45) is 0 Å². The molecular weight excluding hydrogens is 377 g/mol. The van der Waals surface area contributed by atoms with Gasteiger partial charge in [-0.3, -0.25) is 4.79 Å². The zero-order valence-corrected chi connectivity index (χ0v) is 15.0. The molecule has 24 heavy (non-hydrogen) atoms. The topological polar surface area (TPSA) is 38.8 Å². The van der Waals surface area contributed by atoms with Gasteiger partial charge in [0.05, 0.1) is 18.7 Å². The number of rotatable bonds is 4. The molecule has 4 nitrogen and oxygen atoms in total. The van der Waals surface area contributed by atoms with E-state index in [4.69, 9.17) is 9.47 Å². The Morgan fingerprint density at radius 2 is 1.79 bits per heavy atom. The lowest BCUT2D eigenvalue weighted by molar-refractivity contribution is 0.0726. The molecule has 126 valence electrons. The molecular formula is C18H17BrFNO3. The van der Waals surface area contributed by atoms with Crippen molar-refractivity contribution in [1.82, 2.24) is 4.90 Å². The van der Waals surface area contributed by atoms with Crippen LogP contribution in [0.2, 0.25) is 0 Å². The number of benzene rings is 2. The normalized spacial score (nSPS) is 13.7. The van der Waals surface area contributed by atoms with E-state index in [0.29, 0.717) is 41.0 Å². The van der Waals surface area contributed by atoms with Gasteiger partial charge in [-0.2, -0.15) is 0 Å². The summed E-state index contributed by atoms with van der Waals surface area (Å²) in [5, 5.41) is 0. The molecule has 1 aliphatic rings. The van der Waals surface area contributed by atoms with E-state index in [-0.39, 0.29) is 11.7 Å². The van der Waals surface area contributed by atoms with Crippen LogP contribution in [0.3, 0.4) is 0 Å². The SMILES string of the molecule is COc1cc(CN2CCc3cc(F)c(Br)cc3C2=O)cc(OC)c1. The van der Waals surface area contributed by atoms with E-state index >= 15 is 0 Å². The minimum Gasteiger partial charge on any atom is -0.497 e. The maximum Gasteiger partial charge on any atom is 0.254 e. The molecule has 0 spiro atoms. The molecule has 2 aromatic carbocycles. The highest BCUT2D eigenvalue weighted by Crippen LogP contribution is 2.28. The molecule has 2 aromatic rings. The first-order valence-corrected chi connectivity index (χ1v) is 8.30. The van der Waals surface area contributed by atoms with Crippen LogP contribution < -0.4 is 9.47 Å². The zero-order chi connectivity index (χ0) is 17.3. The number of halogens is 2. The summed E-state index contributed by atoms with van der Waals surface area (Å²) in [5.74, 6) is 0.921. The Balaban J connectivity index is 1.87. The van der Waals surface area contributed by atoms with Gasteiger partial charge < -0.3 is 14.4 Å². The molecule has 0 fully saturated rings. The second kappa shape index (κ2) is 6.81.